The molecule has 0 aliphatic carbocycles. The van der Waals surface area contributed by atoms with Gasteiger partial charge in [0, 0.05) is 29.8 Å². The highest BCUT2D eigenvalue weighted by atomic mass is 16.3. The molecule has 0 saturated heterocycles. The number of furan rings is 1. The predicted molar refractivity (Wildman–Crippen MR) is 126 cm³/mol. The van der Waals surface area contributed by atoms with E-state index in [1.54, 1.807) is 0 Å². The van der Waals surface area contributed by atoms with E-state index in [0.717, 1.165) is 44.3 Å². The zero-order valence-electron chi connectivity index (χ0n) is 18.2. The largest absolute Gasteiger partial charge is 0.466 e. The standard InChI is InChI=1S/C28H23N2O/c1-17-15-19(3)30(5)24(16-17)25-18(2)11-12-22-23-14-13-21(20-9-7-6-8-10-20)26(29-4)28(23)31-27(22)25/h6-16H,1-3,5H3/q+1. The van der Waals surface area contributed by atoms with Crippen LogP contribution in [0.2, 0.25) is 0 Å². The van der Waals surface area contributed by atoms with Crippen LogP contribution in [-0.4, -0.2) is 0 Å². The molecule has 5 rings (SSSR count). The van der Waals surface area contributed by atoms with E-state index >= 15 is 0 Å². The lowest BCUT2D eigenvalue weighted by atomic mass is 9.98. The van der Waals surface area contributed by atoms with Crippen molar-refractivity contribution in [3.05, 3.63) is 95.0 Å². The molecule has 0 saturated carbocycles. The van der Waals surface area contributed by atoms with Crippen LogP contribution < -0.4 is 4.57 Å². The van der Waals surface area contributed by atoms with Gasteiger partial charge in [0.15, 0.2) is 5.69 Å². The zero-order valence-corrected chi connectivity index (χ0v) is 18.2. The highest BCUT2D eigenvalue weighted by Gasteiger charge is 2.23. The molecule has 0 atom stereocenters. The number of fused-ring (bicyclic) bond motifs is 3. The van der Waals surface area contributed by atoms with E-state index in [9.17, 15) is 0 Å². The molecule has 3 nitrogen and oxygen atoms in total. The van der Waals surface area contributed by atoms with Crippen LogP contribution in [0.5, 0.6) is 0 Å². The van der Waals surface area contributed by atoms with Crippen molar-refractivity contribution in [2.45, 2.75) is 20.8 Å². The molecule has 150 valence electrons. The summed E-state index contributed by atoms with van der Waals surface area (Å²) in [6, 6.07) is 22.8. The summed E-state index contributed by atoms with van der Waals surface area (Å²) in [5, 5.41) is 2.02. The van der Waals surface area contributed by atoms with Gasteiger partial charge in [-0.25, -0.2) is 4.85 Å². The van der Waals surface area contributed by atoms with Crippen molar-refractivity contribution in [2.75, 3.05) is 0 Å². The van der Waals surface area contributed by atoms with Crippen molar-refractivity contribution in [3.8, 4) is 22.4 Å². The Morgan fingerprint density at radius 2 is 1.55 bits per heavy atom. The van der Waals surface area contributed by atoms with Gasteiger partial charge in [-0.2, -0.15) is 4.57 Å². The molecule has 3 heteroatoms. The SMILES string of the molecule is [C-]#[N+]c1c(-c2ccccc2)ccc2c1oc1c(-c3cc(C)cc(C)[n+]3C)c(C)ccc12. The van der Waals surface area contributed by atoms with Gasteiger partial charge >= 0.3 is 0 Å². The molecule has 0 bridgehead atoms. The van der Waals surface area contributed by atoms with Gasteiger partial charge in [0.05, 0.1) is 12.1 Å². The van der Waals surface area contributed by atoms with Crippen LogP contribution in [-0.2, 0) is 7.05 Å². The molecule has 3 aromatic carbocycles. The first kappa shape index (κ1) is 19.1. The van der Waals surface area contributed by atoms with Crippen LogP contribution >= 0.6 is 0 Å². The Hall–Kier alpha value is -3.90. The highest BCUT2D eigenvalue weighted by Crippen LogP contribution is 2.44. The van der Waals surface area contributed by atoms with Gasteiger partial charge in [0.2, 0.25) is 11.4 Å². The summed E-state index contributed by atoms with van der Waals surface area (Å²) in [5.74, 6) is 0. The summed E-state index contributed by atoms with van der Waals surface area (Å²) in [6.45, 7) is 14.3. The van der Waals surface area contributed by atoms with Crippen molar-refractivity contribution in [2.24, 2.45) is 7.05 Å². The Morgan fingerprint density at radius 3 is 2.29 bits per heavy atom. The fourth-order valence-electron chi connectivity index (χ4n) is 4.48. The summed E-state index contributed by atoms with van der Waals surface area (Å²) in [6.07, 6.45) is 0. The van der Waals surface area contributed by atoms with Gasteiger partial charge < -0.3 is 4.42 Å². The Bertz CT molecular complexity index is 1520. The maximum atomic E-state index is 7.90. The van der Waals surface area contributed by atoms with E-state index in [2.05, 4.69) is 67.6 Å². The third-order valence-corrected chi connectivity index (χ3v) is 6.14. The molecule has 2 aromatic heterocycles. The molecule has 0 aliphatic heterocycles. The second-order valence-electron chi connectivity index (χ2n) is 8.17. The van der Waals surface area contributed by atoms with Crippen molar-refractivity contribution < 1.29 is 8.98 Å². The predicted octanol–water partition coefficient (Wildman–Crippen LogP) is 7.22. The summed E-state index contributed by atoms with van der Waals surface area (Å²) in [4.78, 5) is 3.89. The molecule has 0 aliphatic rings. The number of benzene rings is 3. The Kier molecular flexibility index (Phi) is 4.38. The van der Waals surface area contributed by atoms with E-state index in [1.807, 2.05) is 36.4 Å². The van der Waals surface area contributed by atoms with Gasteiger partial charge in [0.1, 0.15) is 18.2 Å². The number of pyridine rings is 1. The van der Waals surface area contributed by atoms with Gasteiger partial charge in [-0.3, -0.25) is 0 Å². The molecule has 0 N–H and O–H groups in total. The molecule has 31 heavy (non-hydrogen) atoms. The van der Waals surface area contributed by atoms with Crippen molar-refractivity contribution >= 4 is 27.6 Å². The molecule has 5 aromatic rings. The van der Waals surface area contributed by atoms with Gasteiger partial charge in [0.25, 0.3) is 0 Å². The lowest BCUT2D eigenvalue weighted by molar-refractivity contribution is -0.666. The molecule has 0 unspecified atom stereocenters. The maximum Gasteiger partial charge on any atom is 0.237 e. The summed E-state index contributed by atoms with van der Waals surface area (Å²) in [7, 11) is 2.09. The van der Waals surface area contributed by atoms with Crippen molar-refractivity contribution in [1.29, 1.82) is 0 Å². The first-order valence-corrected chi connectivity index (χ1v) is 10.4. The molecule has 0 fully saturated rings. The Balaban J connectivity index is 1.89. The first-order chi connectivity index (χ1) is 15.0. The monoisotopic (exact) mass is 403 g/mol. The smallest absolute Gasteiger partial charge is 0.237 e. The number of hydrogen-bond acceptors (Lipinski definition) is 1. The molecular formula is C28H23N2O+. The topological polar surface area (TPSA) is 21.4 Å². The fraction of sp³-hybridized carbons (Fsp3) is 0.143. The molecule has 0 radical (unpaired) electrons. The van der Waals surface area contributed by atoms with Gasteiger partial charge in [-0.05, 0) is 36.1 Å². The fourth-order valence-corrected chi connectivity index (χ4v) is 4.48. The average molecular weight is 404 g/mol. The average Bonchev–Trinajstić information content (AvgIpc) is 3.15. The zero-order chi connectivity index (χ0) is 21.7. The minimum absolute atomic E-state index is 0.563. The second kappa shape index (κ2) is 7.11. The van der Waals surface area contributed by atoms with E-state index < -0.39 is 0 Å². The first-order valence-electron chi connectivity index (χ1n) is 10.4. The van der Waals surface area contributed by atoms with Crippen LogP contribution in [0.4, 0.5) is 5.69 Å². The Labute approximate surface area is 182 Å². The number of aromatic nitrogens is 1. The molecular weight excluding hydrogens is 380 g/mol. The molecule has 2 heterocycles. The maximum absolute atomic E-state index is 7.90. The van der Waals surface area contributed by atoms with E-state index in [1.165, 1.54) is 11.3 Å². The third-order valence-electron chi connectivity index (χ3n) is 6.14. The lowest BCUT2D eigenvalue weighted by Crippen LogP contribution is -2.35. The summed E-state index contributed by atoms with van der Waals surface area (Å²) in [5.41, 5.74) is 9.74. The van der Waals surface area contributed by atoms with Gasteiger partial charge in [-0.1, -0.05) is 54.6 Å². The summed E-state index contributed by atoms with van der Waals surface area (Å²) < 4.78 is 8.71. The van der Waals surface area contributed by atoms with Crippen LogP contribution in [0.3, 0.4) is 0 Å². The minimum Gasteiger partial charge on any atom is -0.466 e. The number of nitrogens with zero attached hydrogens (tertiary/aromatic N) is 2. The van der Waals surface area contributed by atoms with E-state index in [-0.39, 0.29) is 0 Å². The van der Waals surface area contributed by atoms with Crippen molar-refractivity contribution in [1.82, 2.24) is 0 Å². The number of aryl methyl sites for hydroxylation is 3. The number of hydrogen-bond donors (Lipinski definition) is 0. The van der Waals surface area contributed by atoms with Crippen LogP contribution in [0.1, 0.15) is 16.8 Å². The van der Waals surface area contributed by atoms with Gasteiger partial charge in [-0.15, -0.1) is 0 Å². The quantitative estimate of drug-likeness (QED) is 0.225. The van der Waals surface area contributed by atoms with Crippen LogP contribution in [0.15, 0.2) is 71.1 Å². The number of rotatable bonds is 2. The van der Waals surface area contributed by atoms with Crippen molar-refractivity contribution in [3.63, 3.8) is 0 Å². The van der Waals surface area contributed by atoms with E-state index in [0.29, 0.717) is 11.3 Å². The Morgan fingerprint density at radius 1 is 0.839 bits per heavy atom. The second-order valence-corrected chi connectivity index (χ2v) is 8.17. The molecule has 0 spiro atoms. The summed E-state index contributed by atoms with van der Waals surface area (Å²) >= 11 is 0. The highest BCUT2D eigenvalue weighted by molar-refractivity contribution is 6.14. The van der Waals surface area contributed by atoms with Crippen LogP contribution in [0, 0.1) is 27.3 Å². The minimum atomic E-state index is 0.563. The third kappa shape index (κ3) is 2.92. The lowest BCUT2D eigenvalue weighted by Gasteiger charge is -2.08. The van der Waals surface area contributed by atoms with E-state index in [4.69, 9.17) is 11.0 Å². The normalized spacial score (nSPS) is 11.2. The molecule has 0 amide bonds. The van der Waals surface area contributed by atoms with Crippen LogP contribution in [0.25, 0.3) is 49.2 Å².